The largest absolute Gasteiger partial charge is 0.0999 e. The van der Waals surface area contributed by atoms with Gasteiger partial charge in [-0.3, -0.25) is 0 Å². The number of hydrogen-bond acceptors (Lipinski definition) is 0. The molecule has 0 aliphatic rings. The third-order valence-electron chi connectivity index (χ3n) is 3.45. The molecule has 0 heteroatoms. The van der Waals surface area contributed by atoms with Crippen molar-refractivity contribution in [3.8, 4) is 0 Å². The highest BCUT2D eigenvalue weighted by atomic mass is 14.2. The van der Waals surface area contributed by atoms with Gasteiger partial charge in [0.1, 0.15) is 0 Å². The van der Waals surface area contributed by atoms with Gasteiger partial charge in [-0.1, -0.05) is 59.1 Å². The van der Waals surface area contributed by atoms with E-state index in [1.807, 2.05) is 0 Å². The zero-order chi connectivity index (χ0) is 11.1. The highest BCUT2D eigenvalue weighted by Crippen LogP contribution is 2.23. The van der Waals surface area contributed by atoms with E-state index < -0.39 is 0 Å². The number of hydrogen-bond donors (Lipinski definition) is 0. The van der Waals surface area contributed by atoms with Crippen LogP contribution >= 0.6 is 0 Å². The SMILES string of the molecule is C=C(C)C(C)C[C@H](C)CCC(C)CC. The quantitative estimate of drug-likeness (QED) is 0.500. The molecule has 0 aromatic rings. The Hall–Kier alpha value is -0.260. The molecule has 0 radical (unpaired) electrons. The summed E-state index contributed by atoms with van der Waals surface area (Å²) in [5, 5.41) is 0. The molecule has 0 aromatic carbocycles. The van der Waals surface area contributed by atoms with E-state index in [9.17, 15) is 0 Å². The predicted molar refractivity (Wildman–Crippen MR) is 66.4 cm³/mol. The van der Waals surface area contributed by atoms with Crippen molar-refractivity contribution in [1.82, 2.24) is 0 Å². The monoisotopic (exact) mass is 196 g/mol. The Bertz CT molecular complexity index is 157. The molecule has 84 valence electrons. The smallest absolute Gasteiger partial charge is 0.0235 e. The van der Waals surface area contributed by atoms with E-state index in [0.29, 0.717) is 5.92 Å². The fourth-order valence-electron chi connectivity index (χ4n) is 1.70. The fraction of sp³-hybridized carbons (Fsp3) is 0.857. The van der Waals surface area contributed by atoms with E-state index in [2.05, 4.69) is 41.2 Å². The lowest BCUT2D eigenvalue weighted by molar-refractivity contribution is 0.376. The highest BCUT2D eigenvalue weighted by molar-refractivity contribution is 4.94. The topological polar surface area (TPSA) is 0 Å². The lowest BCUT2D eigenvalue weighted by Crippen LogP contribution is -2.05. The third kappa shape index (κ3) is 6.23. The molecule has 0 amide bonds. The van der Waals surface area contributed by atoms with Crippen molar-refractivity contribution in [2.24, 2.45) is 17.8 Å². The molecule has 0 heterocycles. The summed E-state index contributed by atoms with van der Waals surface area (Å²) in [6.45, 7) is 15.5. The second-order valence-corrected chi connectivity index (χ2v) is 5.18. The molecule has 0 aliphatic heterocycles. The number of rotatable bonds is 7. The molecule has 0 saturated carbocycles. The van der Waals surface area contributed by atoms with Crippen molar-refractivity contribution < 1.29 is 0 Å². The molecule has 3 atom stereocenters. The lowest BCUT2D eigenvalue weighted by Gasteiger charge is -2.18. The fourth-order valence-corrected chi connectivity index (χ4v) is 1.70. The number of allylic oxidation sites excluding steroid dienone is 1. The van der Waals surface area contributed by atoms with E-state index in [0.717, 1.165) is 11.8 Å². The molecule has 0 fully saturated rings. The summed E-state index contributed by atoms with van der Waals surface area (Å²) in [4.78, 5) is 0. The Morgan fingerprint density at radius 3 is 2.00 bits per heavy atom. The Labute approximate surface area is 90.8 Å². The first-order valence-electron chi connectivity index (χ1n) is 6.12. The molecule has 2 unspecified atom stereocenters. The van der Waals surface area contributed by atoms with Crippen LogP contribution in [0.1, 0.15) is 60.3 Å². The molecule has 0 aliphatic carbocycles. The molecule has 0 saturated heterocycles. The van der Waals surface area contributed by atoms with Gasteiger partial charge in [-0.15, -0.1) is 0 Å². The maximum absolute atomic E-state index is 4.02. The van der Waals surface area contributed by atoms with Crippen molar-refractivity contribution in [3.63, 3.8) is 0 Å². The van der Waals surface area contributed by atoms with E-state index in [4.69, 9.17) is 0 Å². The first-order valence-corrected chi connectivity index (χ1v) is 6.12. The minimum Gasteiger partial charge on any atom is -0.0999 e. The molecule has 0 bridgehead atoms. The van der Waals surface area contributed by atoms with Gasteiger partial charge in [-0.25, -0.2) is 0 Å². The zero-order valence-corrected chi connectivity index (χ0v) is 10.8. The third-order valence-corrected chi connectivity index (χ3v) is 3.45. The summed E-state index contributed by atoms with van der Waals surface area (Å²) in [6.07, 6.45) is 5.40. The van der Waals surface area contributed by atoms with Crippen LogP contribution in [-0.2, 0) is 0 Å². The predicted octanol–water partition coefficient (Wildman–Crippen LogP) is 5.05. The van der Waals surface area contributed by atoms with Crippen LogP contribution in [0, 0.1) is 17.8 Å². The van der Waals surface area contributed by atoms with E-state index in [1.165, 1.54) is 31.3 Å². The molecule has 0 aromatic heterocycles. The summed E-state index contributed by atoms with van der Waals surface area (Å²) in [5.74, 6) is 2.45. The van der Waals surface area contributed by atoms with Crippen LogP contribution in [0.15, 0.2) is 12.2 Å². The van der Waals surface area contributed by atoms with Crippen LogP contribution in [0.25, 0.3) is 0 Å². The van der Waals surface area contributed by atoms with Crippen LogP contribution in [-0.4, -0.2) is 0 Å². The minimum absolute atomic E-state index is 0.696. The first-order chi connectivity index (χ1) is 6.47. The normalized spacial score (nSPS) is 17.5. The zero-order valence-electron chi connectivity index (χ0n) is 10.8. The Morgan fingerprint density at radius 1 is 1.07 bits per heavy atom. The van der Waals surface area contributed by atoms with Gasteiger partial charge in [0.2, 0.25) is 0 Å². The van der Waals surface area contributed by atoms with Crippen LogP contribution in [0.5, 0.6) is 0 Å². The van der Waals surface area contributed by atoms with Gasteiger partial charge in [0.15, 0.2) is 0 Å². The molecule has 14 heavy (non-hydrogen) atoms. The summed E-state index contributed by atoms with van der Waals surface area (Å²) >= 11 is 0. The van der Waals surface area contributed by atoms with Gasteiger partial charge in [0.05, 0.1) is 0 Å². The van der Waals surface area contributed by atoms with E-state index in [1.54, 1.807) is 0 Å². The van der Waals surface area contributed by atoms with Crippen molar-refractivity contribution >= 4 is 0 Å². The Morgan fingerprint density at radius 2 is 1.57 bits per heavy atom. The summed E-state index contributed by atoms with van der Waals surface area (Å²) in [6, 6.07) is 0. The second-order valence-electron chi connectivity index (χ2n) is 5.18. The summed E-state index contributed by atoms with van der Waals surface area (Å²) in [7, 11) is 0. The van der Waals surface area contributed by atoms with Crippen molar-refractivity contribution in [2.75, 3.05) is 0 Å². The van der Waals surface area contributed by atoms with E-state index >= 15 is 0 Å². The van der Waals surface area contributed by atoms with Gasteiger partial charge in [-0.2, -0.15) is 0 Å². The Balaban J connectivity index is 3.64. The van der Waals surface area contributed by atoms with Gasteiger partial charge in [-0.05, 0) is 31.1 Å². The van der Waals surface area contributed by atoms with Crippen molar-refractivity contribution in [1.29, 1.82) is 0 Å². The minimum atomic E-state index is 0.696. The molecule has 0 rings (SSSR count). The van der Waals surface area contributed by atoms with Gasteiger partial charge < -0.3 is 0 Å². The Kier molecular flexibility index (Phi) is 6.96. The van der Waals surface area contributed by atoms with Gasteiger partial charge in [0, 0.05) is 0 Å². The summed E-state index contributed by atoms with van der Waals surface area (Å²) < 4.78 is 0. The van der Waals surface area contributed by atoms with Crippen LogP contribution < -0.4 is 0 Å². The van der Waals surface area contributed by atoms with Gasteiger partial charge >= 0.3 is 0 Å². The average molecular weight is 196 g/mol. The highest BCUT2D eigenvalue weighted by Gasteiger charge is 2.10. The maximum atomic E-state index is 4.02. The second kappa shape index (κ2) is 7.09. The summed E-state index contributed by atoms with van der Waals surface area (Å²) in [5.41, 5.74) is 1.33. The van der Waals surface area contributed by atoms with Crippen molar-refractivity contribution in [2.45, 2.75) is 60.3 Å². The van der Waals surface area contributed by atoms with Crippen molar-refractivity contribution in [3.05, 3.63) is 12.2 Å². The van der Waals surface area contributed by atoms with Crippen LogP contribution in [0.2, 0.25) is 0 Å². The molecular formula is C14H28. The molecular weight excluding hydrogens is 168 g/mol. The molecule has 0 N–H and O–H groups in total. The average Bonchev–Trinajstić information content (AvgIpc) is 2.13. The first kappa shape index (κ1) is 13.7. The standard InChI is InChI=1S/C14H28/c1-7-12(4)8-9-13(5)10-14(6)11(2)3/h12-14H,2,7-10H2,1,3-6H3/t12?,13-,14?/m1/s1. The van der Waals surface area contributed by atoms with E-state index in [-0.39, 0.29) is 0 Å². The molecule has 0 spiro atoms. The van der Waals surface area contributed by atoms with Gasteiger partial charge in [0.25, 0.3) is 0 Å². The maximum Gasteiger partial charge on any atom is -0.0235 e. The van der Waals surface area contributed by atoms with Crippen LogP contribution in [0.3, 0.4) is 0 Å². The van der Waals surface area contributed by atoms with Crippen LogP contribution in [0.4, 0.5) is 0 Å². The lowest BCUT2D eigenvalue weighted by atomic mass is 9.88. The molecule has 0 nitrogen and oxygen atoms in total.